The summed E-state index contributed by atoms with van der Waals surface area (Å²) in [5.41, 5.74) is 1.66. The van der Waals surface area contributed by atoms with Gasteiger partial charge in [0.05, 0.1) is 0 Å². The summed E-state index contributed by atoms with van der Waals surface area (Å²) >= 11 is 0. The topological polar surface area (TPSA) is 26.3 Å². The number of hydrogen-bond acceptors (Lipinski definition) is 2. The highest BCUT2D eigenvalue weighted by molar-refractivity contribution is 5.97. The van der Waals surface area contributed by atoms with Crippen LogP contribution in [-0.2, 0) is 4.74 Å². The highest BCUT2D eigenvalue weighted by Crippen LogP contribution is 2.21. The lowest BCUT2D eigenvalue weighted by Gasteiger charge is -2.13. The lowest BCUT2D eigenvalue weighted by atomic mass is 10.0. The highest BCUT2D eigenvalue weighted by atomic mass is 16.5. The minimum atomic E-state index is 0.0660. The first kappa shape index (κ1) is 12.5. The summed E-state index contributed by atoms with van der Waals surface area (Å²) in [5.74, 6) is 0.0660. The predicted molar refractivity (Wildman–Crippen MR) is 71.2 cm³/mol. The summed E-state index contributed by atoms with van der Waals surface area (Å²) in [7, 11) is 1.60. The lowest BCUT2D eigenvalue weighted by Crippen LogP contribution is -2.10. The van der Waals surface area contributed by atoms with Crippen molar-refractivity contribution >= 4 is 5.78 Å². The van der Waals surface area contributed by atoms with Crippen molar-refractivity contribution in [2.75, 3.05) is 7.11 Å². The van der Waals surface area contributed by atoms with Gasteiger partial charge in [-0.3, -0.25) is 4.79 Å². The molecule has 0 aliphatic carbocycles. The zero-order valence-corrected chi connectivity index (χ0v) is 10.3. The number of rotatable bonds is 5. The SMILES string of the molecule is CO[C](CC(=O)c1ccccc1)c1ccccc1. The van der Waals surface area contributed by atoms with Gasteiger partial charge in [0.15, 0.2) is 5.78 Å². The second-order valence-corrected chi connectivity index (χ2v) is 3.96. The predicted octanol–water partition coefficient (Wildman–Crippen LogP) is 3.49. The Kier molecular flexibility index (Phi) is 4.26. The van der Waals surface area contributed by atoms with E-state index in [1.54, 1.807) is 7.11 Å². The number of Topliss-reactive ketones (excluding diaryl/α,β-unsaturated/α-hetero) is 1. The minimum Gasteiger partial charge on any atom is -0.370 e. The number of benzene rings is 2. The second-order valence-electron chi connectivity index (χ2n) is 3.96. The zero-order valence-electron chi connectivity index (χ0n) is 10.3. The van der Waals surface area contributed by atoms with Gasteiger partial charge in [-0.15, -0.1) is 0 Å². The van der Waals surface area contributed by atoms with Crippen LogP contribution in [0.2, 0.25) is 0 Å². The molecule has 0 spiro atoms. The van der Waals surface area contributed by atoms with Gasteiger partial charge in [0.25, 0.3) is 0 Å². The number of carbonyl (C=O) groups is 1. The Morgan fingerprint density at radius 3 is 1.89 bits per heavy atom. The molecule has 0 aromatic heterocycles. The minimum absolute atomic E-state index is 0.0660. The first-order chi connectivity index (χ1) is 8.81. The van der Waals surface area contributed by atoms with Crippen LogP contribution in [0.4, 0.5) is 0 Å². The summed E-state index contributed by atoms with van der Waals surface area (Å²) in [6.45, 7) is 0. The van der Waals surface area contributed by atoms with E-state index in [9.17, 15) is 4.79 Å². The van der Waals surface area contributed by atoms with Crippen molar-refractivity contribution in [1.82, 2.24) is 0 Å². The molecule has 0 aliphatic heterocycles. The first-order valence-electron chi connectivity index (χ1n) is 5.84. The fraction of sp³-hybridized carbons (Fsp3) is 0.125. The molecule has 0 N–H and O–H groups in total. The van der Waals surface area contributed by atoms with Crippen LogP contribution < -0.4 is 0 Å². The van der Waals surface area contributed by atoms with Crippen molar-refractivity contribution in [1.29, 1.82) is 0 Å². The van der Waals surface area contributed by atoms with Gasteiger partial charge in [0.2, 0.25) is 0 Å². The Morgan fingerprint density at radius 1 is 0.889 bits per heavy atom. The fourth-order valence-electron chi connectivity index (χ4n) is 1.79. The van der Waals surface area contributed by atoms with Crippen LogP contribution in [0, 0.1) is 6.10 Å². The third kappa shape index (κ3) is 3.05. The molecule has 18 heavy (non-hydrogen) atoms. The number of methoxy groups -OCH3 is 1. The van der Waals surface area contributed by atoms with Crippen LogP contribution in [-0.4, -0.2) is 12.9 Å². The molecule has 2 nitrogen and oxygen atoms in total. The van der Waals surface area contributed by atoms with Gasteiger partial charge < -0.3 is 4.74 Å². The van der Waals surface area contributed by atoms with E-state index in [4.69, 9.17) is 4.74 Å². The van der Waals surface area contributed by atoms with E-state index in [-0.39, 0.29) is 12.2 Å². The zero-order chi connectivity index (χ0) is 12.8. The van der Waals surface area contributed by atoms with Crippen LogP contribution in [0.3, 0.4) is 0 Å². The lowest BCUT2D eigenvalue weighted by molar-refractivity contribution is 0.0949. The van der Waals surface area contributed by atoms with Gasteiger partial charge in [0, 0.05) is 19.1 Å². The Balaban J connectivity index is 2.10. The average Bonchev–Trinajstić information content (AvgIpc) is 2.46. The van der Waals surface area contributed by atoms with Crippen LogP contribution in [0.1, 0.15) is 22.3 Å². The Morgan fingerprint density at radius 2 is 1.39 bits per heavy atom. The number of ether oxygens (including phenoxy) is 1. The highest BCUT2D eigenvalue weighted by Gasteiger charge is 2.17. The number of hydrogen-bond donors (Lipinski definition) is 0. The monoisotopic (exact) mass is 239 g/mol. The molecule has 0 unspecified atom stereocenters. The van der Waals surface area contributed by atoms with E-state index < -0.39 is 0 Å². The summed E-state index contributed by atoms with van der Waals surface area (Å²) in [6, 6.07) is 19.0. The van der Waals surface area contributed by atoms with E-state index in [1.807, 2.05) is 60.7 Å². The number of ketones is 1. The Hall–Kier alpha value is -1.93. The van der Waals surface area contributed by atoms with Gasteiger partial charge in [-0.1, -0.05) is 60.7 Å². The van der Waals surface area contributed by atoms with Crippen molar-refractivity contribution in [2.24, 2.45) is 0 Å². The third-order valence-electron chi connectivity index (χ3n) is 2.76. The van der Waals surface area contributed by atoms with Crippen molar-refractivity contribution in [3.63, 3.8) is 0 Å². The van der Waals surface area contributed by atoms with Crippen LogP contribution >= 0.6 is 0 Å². The molecule has 91 valence electrons. The van der Waals surface area contributed by atoms with Crippen LogP contribution in [0.25, 0.3) is 0 Å². The smallest absolute Gasteiger partial charge is 0.166 e. The van der Waals surface area contributed by atoms with Gasteiger partial charge >= 0.3 is 0 Å². The molecular formula is C16H15O2. The molecule has 0 heterocycles. The molecule has 2 aromatic carbocycles. The van der Waals surface area contributed by atoms with Crippen molar-refractivity contribution in [3.8, 4) is 0 Å². The maximum absolute atomic E-state index is 12.1. The van der Waals surface area contributed by atoms with E-state index in [1.165, 1.54) is 0 Å². The van der Waals surface area contributed by atoms with Gasteiger partial charge in [-0.25, -0.2) is 0 Å². The summed E-state index contributed by atoms with van der Waals surface area (Å²) in [6.07, 6.45) is 0.981. The maximum atomic E-state index is 12.1. The Bertz CT molecular complexity index is 491. The molecule has 0 fully saturated rings. The molecular weight excluding hydrogens is 224 g/mol. The molecule has 0 aliphatic rings. The van der Waals surface area contributed by atoms with Crippen molar-refractivity contribution in [3.05, 3.63) is 77.9 Å². The van der Waals surface area contributed by atoms with E-state index in [2.05, 4.69) is 0 Å². The molecule has 2 rings (SSSR count). The van der Waals surface area contributed by atoms with Crippen molar-refractivity contribution in [2.45, 2.75) is 6.42 Å². The summed E-state index contributed by atoms with van der Waals surface area (Å²) in [4.78, 5) is 12.1. The van der Waals surface area contributed by atoms with Gasteiger partial charge in [0.1, 0.15) is 6.10 Å². The standard InChI is InChI=1S/C16H15O2/c1-18-16(14-10-6-3-7-11-14)12-15(17)13-8-4-2-5-9-13/h2-11H,12H2,1H3. The first-order valence-corrected chi connectivity index (χ1v) is 5.84. The molecule has 0 amide bonds. The third-order valence-corrected chi connectivity index (χ3v) is 2.76. The summed E-state index contributed by atoms with van der Waals surface area (Å²) in [5, 5.41) is 0. The second kappa shape index (κ2) is 6.12. The molecule has 0 atom stereocenters. The molecule has 0 saturated carbocycles. The summed E-state index contributed by atoms with van der Waals surface area (Å²) < 4.78 is 5.32. The van der Waals surface area contributed by atoms with E-state index >= 15 is 0 Å². The number of carbonyl (C=O) groups excluding carboxylic acids is 1. The van der Waals surface area contributed by atoms with E-state index in [0.29, 0.717) is 11.7 Å². The van der Waals surface area contributed by atoms with Crippen molar-refractivity contribution < 1.29 is 9.53 Å². The van der Waals surface area contributed by atoms with Gasteiger partial charge in [-0.2, -0.15) is 0 Å². The maximum Gasteiger partial charge on any atom is 0.166 e. The average molecular weight is 239 g/mol. The Labute approximate surface area is 107 Å². The molecule has 0 bridgehead atoms. The van der Waals surface area contributed by atoms with Crippen LogP contribution in [0.15, 0.2) is 60.7 Å². The quantitative estimate of drug-likeness (QED) is 0.747. The van der Waals surface area contributed by atoms with Crippen LogP contribution in [0.5, 0.6) is 0 Å². The normalized spacial score (nSPS) is 10.6. The van der Waals surface area contributed by atoms with Gasteiger partial charge in [-0.05, 0) is 5.56 Å². The fourth-order valence-corrected chi connectivity index (χ4v) is 1.79. The molecule has 1 radical (unpaired) electrons. The molecule has 2 aromatic rings. The largest absolute Gasteiger partial charge is 0.370 e. The van der Waals surface area contributed by atoms with E-state index in [0.717, 1.165) is 5.56 Å². The molecule has 0 saturated heterocycles. The molecule has 2 heteroatoms.